The summed E-state index contributed by atoms with van der Waals surface area (Å²) in [5.41, 5.74) is 1.39. The molecule has 0 unspecified atom stereocenters. The van der Waals surface area contributed by atoms with Crippen molar-refractivity contribution in [2.45, 2.75) is 13.0 Å². The van der Waals surface area contributed by atoms with E-state index >= 15 is 0 Å². The first kappa shape index (κ1) is 18.1. The van der Waals surface area contributed by atoms with Gasteiger partial charge in [-0.15, -0.1) is 0 Å². The molecule has 1 N–H and O–H groups in total. The molecule has 7 heteroatoms. The summed E-state index contributed by atoms with van der Waals surface area (Å²) < 4.78 is 11.3. The van der Waals surface area contributed by atoms with E-state index in [-0.39, 0.29) is 12.4 Å². The minimum atomic E-state index is -0.515. The van der Waals surface area contributed by atoms with E-state index in [2.05, 4.69) is 26.9 Å². The molecule has 1 heterocycles. The number of hydrogen-bond donors (Lipinski definition) is 1. The van der Waals surface area contributed by atoms with Gasteiger partial charge in [0, 0.05) is 26.2 Å². The molecule has 0 aliphatic rings. The van der Waals surface area contributed by atoms with Crippen molar-refractivity contribution >= 4 is 12.1 Å². The van der Waals surface area contributed by atoms with Gasteiger partial charge < -0.3 is 19.4 Å². The molecular weight excluding hydrogens is 322 g/mol. The van der Waals surface area contributed by atoms with E-state index in [1.165, 1.54) is 7.11 Å². The standard InChI is InChI=1S/C18H19N3O4/c1-21-12-15(20-16(21)17(22)24-2)10-6-7-11-19-18(23)25-13-14-8-4-3-5-9-14/h3-5,8-9,12H,7,11,13H2,1-2H3,(H,19,23). The maximum absolute atomic E-state index is 11.6. The second-order valence-electron chi connectivity index (χ2n) is 5.09. The Labute approximate surface area is 146 Å². The van der Waals surface area contributed by atoms with Crippen LogP contribution in [-0.4, -0.2) is 35.3 Å². The van der Waals surface area contributed by atoms with Gasteiger partial charge in [-0.05, 0) is 11.5 Å². The Morgan fingerprint density at radius 1 is 1.28 bits per heavy atom. The van der Waals surface area contributed by atoms with Crippen molar-refractivity contribution in [2.75, 3.05) is 13.7 Å². The van der Waals surface area contributed by atoms with E-state index < -0.39 is 12.1 Å². The number of aromatic nitrogens is 2. The largest absolute Gasteiger partial charge is 0.463 e. The van der Waals surface area contributed by atoms with Gasteiger partial charge in [-0.2, -0.15) is 0 Å². The van der Waals surface area contributed by atoms with Gasteiger partial charge in [-0.1, -0.05) is 36.3 Å². The minimum absolute atomic E-state index is 0.189. The minimum Gasteiger partial charge on any atom is -0.463 e. The Kier molecular flexibility index (Phi) is 6.60. The Morgan fingerprint density at radius 3 is 2.76 bits per heavy atom. The molecular formula is C18H19N3O4. The number of carbonyl (C=O) groups excluding carboxylic acids is 2. The third-order valence-corrected chi connectivity index (χ3v) is 3.19. The van der Waals surface area contributed by atoms with Crippen LogP contribution in [-0.2, 0) is 23.1 Å². The van der Waals surface area contributed by atoms with Crippen molar-refractivity contribution in [1.82, 2.24) is 14.9 Å². The number of imidazole rings is 1. The molecule has 0 radical (unpaired) electrons. The molecule has 1 aromatic heterocycles. The van der Waals surface area contributed by atoms with Crippen molar-refractivity contribution in [3.05, 3.63) is 53.6 Å². The topological polar surface area (TPSA) is 82.4 Å². The average molecular weight is 341 g/mol. The summed E-state index contributed by atoms with van der Waals surface area (Å²) in [5, 5.41) is 2.62. The second kappa shape index (κ2) is 9.13. The number of methoxy groups -OCH3 is 1. The van der Waals surface area contributed by atoms with Crippen LogP contribution in [0.1, 0.15) is 28.3 Å². The number of amides is 1. The van der Waals surface area contributed by atoms with E-state index in [9.17, 15) is 9.59 Å². The zero-order valence-corrected chi connectivity index (χ0v) is 14.1. The highest BCUT2D eigenvalue weighted by atomic mass is 16.5. The van der Waals surface area contributed by atoms with Crippen molar-refractivity contribution < 1.29 is 19.1 Å². The van der Waals surface area contributed by atoms with Crippen molar-refractivity contribution in [1.29, 1.82) is 0 Å². The number of nitrogens with zero attached hydrogens (tertiary/aromatic N) is 2. The monoisotopic (exact) mass is 341 g/mol. The summed E-state index contributed by atoms with van der Waals surface area (Å²) in [4.78, 5) is 27.1. The number of alkyl carbamates (subject to hydrolysis) is 1. The number of esters is 1. The SMILES string of the molecule is COC(=O)c1nc(C#CCCNC(=O)OCc2ccccc2)cn1C. The quantitative estimate of drug-likeness (QED) is 0.510. The van der Waals surface area contributed by atoms with E-state index in [0.717, 1.165) is 5.56 Å². The fourth-order valence-electron chi connectivity index (χ4n) is 1.96. The summed E-state index contributed by atoms with van der Waals surface area (Å²) in [6.07, 6.45) is 1.59. The normalized spacial score (nSPS) is 9.68. The highest BCUT2D eigenvalue weighted by molar-refractivity contribution is 5.85. The molecule has 130 valence electrons. The summed E-state index contributed by atoms with van der Waals surface area (Å²) in [6.45, 7) is 0.583. The Bertz CT molecular complexity index is 788. The van der Waals surface area contributed by atoms with Gasteiger partial charge >= 0.3 is 12.1 Å². The Morgan fingerprint density at radius 2 is 2.04 bits per heavy atom. The van der Waals surface area contributed by atoms with Gasteiger partial charge in [0.2, 0.25) is 5.82 Å². The van der Waals surface area contributed by atoms with Crippen LogP contribution in [0.2, 0.25) is 0 Å². The van der Waals surface area contributed by atoms with Gasteiger partial charge in [0.05, 0.1) is 7.11 Å². The van der Waals surface area contributed by atoms with Gasteiger partial charge in [-0.3, -0.25) is 0 Å². The lowest BCUT2D eigenvalue weighted by Gasteiger charge is -2.05. The molecule has 2 rings (SSSR count). The van der Waals surface area contributed by atoms with Gasteiger partial charge in [0.25, 0.3) is 0 Å². The summed E-state index contributed by atoms with van der Waals surface area (Å²) >= 11 is 0. The number of ether oxygens (including phenoxy) is 2. The van der Waals surface area contributed by atoms with Crippen LogP contribution < -0.4 is 5.32 Å². The van der Waals surface area contributed by atoms with E-state index in [0.29, 0.717) is 18.7 Å². The predicted molar refractivity (Wildman–Crippen MR) is 90.7 cm³/mol. The van der Waals surface area contributed by atoms with Crippen LogP contribution in [0.25, 0.3) is 0 Å². The van der Waals surface area contributed by atoms with E-state index in [1.807, 2.05) is 30.3 Å². The van der Waals surface area contributed by atoms with Crippen LogP contribution in [0, 0.1) is 11.8 Å². The van der Waals surface area contributed by atoms with Crippen LogP contribution in [0.5, 0.6) is 0 Å². The zero-order chi connectivity index (χ0) is 18.1. The van der Waals surface area contributed by atoms with E-state index in [4.69, 9.17) is 4.74 Å². The molecule has 1 aromatic carbocycles. The first-order chi connectivity index (χ1) is 12.1. The molecule has 0 saturated carbocycles. The molecule has 2 aromatic rings. The van der Waals surface area contributed by atoms with Crippen LogP contribution >= 0.6 is 0 Å². The molecule has 0 aliphatic heterocycles. The first-order valence-corrected chi connectivity index (χ1v) is 7.65. The predicted octanol–water partition coefficient (Wildman–Crippen LogP) is 1.87. The van der Waals surface area contributed by atoms with Crippen molar-refractivity contribution in [3.63, 3.8) is 0 Å². The Balaban J connectivity index is 1.72. The molecule has 7 nitrogen and oxygen atoms in total. The first-order valence-electron chi connectivity index (χ1n) is 7.65. The van der Waals surface area contributed by atoms with Gasteiger partial charge in [0.1, 0.15) is 12.3 Å². The maximum atomic E-state index is 11.6. The van der Waals surface area contributed by atoms with Crippen LogP contribution in [0.4, 0.5) is 4.79 Å². The molecule has 25 heavy (non-hydrogen) atoms. The summed E-state index contributed by atoms with van der Waals surface area (Å²) in [6, 6.07) is 9.44. The number of hydrogen-bond acceptors (Lipinski definition) is 5. The molecule has 0 fully saturated rings. The smallest absolute Gasteiger partial charge is 0.407 e. The molecule has 0 saturated heterocycles. The number of carbonyl (C=O) groups is 2. The highest BCUT2D eigenvalue weighted by Gasteiger charge is 2.12. The lowest BCUT2D eigenvalue weighted by Crippen LogP contribution is -2.24. The van der Waals surface area contributed by atoms with E-state index in [1.54, 1.807) is 17.8 Å². The summed E-state index contributed by atoms with van der Waals surface area (Å²) in [5.74, 6) is 5.39. The number of rotatable bonds is 5. The average Bonchev–Trinajstić information content (AvgIpc) is 3.00. The highest BCUT2D eigenvalue weighted by Crippen LogP contribution is 2.02. The molecule has 1 amide bonds. The molecule has 0 spiro atoms. The summed E-state index contributed by atoms with van der Waals surface area (Å²) in [7, 11) is 2.99. The molecule has 0 bridgehead atoms. The van der Waals surface area contributed by atoms with Gasteiger partial charge in [0.15, 0.2) is 0 Å². The third-order valence-electron chi connectivity index (χ3n) is 3.19. The van der Waals surface area contributed by atoms with Crippen LogP contribution in [0.15, 0.2) is 36.5 Å². The molecule has 0 atom stereocenters. The Hall–Kier alpha value is -3.27. The second-order valence-corrected chi connectivity index (χ2v) is 5.09. The van der Waals surface area contributed by atoms with Crippen LogP contribution in [0.3, 0.4) is 0 Å². The lowest BCUT2D eigenvalue weighted by molar-refractivity contribution is 0.0582. The fourth-order valence-corrected chi connectivity index (χ4v) is 1.96. The fraction of sp³-hybridized carbons (Fsp3) is 0.278. The zero-order valence-electron chi connectivity index (χ0n) is 14.1. The number of nitrogens with one attached hydrogen (secondary N) is 1. The lowest BCUT2D eigenvalue weighted by atomic mass is 10.2. The molecule has 0 aliphatic carbocycles. The van der Waals surface area contributed by atoms with Gasteiger partial charge in [-0.25, -0.2) is 14.6 Å². The van der Waals surface area contributed by atoms with Crippen molar-refractivity contribution in [2.24, 2.45) is 7.05 Å². The number of benzene rings is 1. The maximum Gasteiger partial charge on any atom is 0.407 e. The number of aryl methyl sites for hydroxylation is 1. The third kappa shape index (κ3) is 5.70. The van der Waals surface area contributed by atoms with Crippen molar-refractivity contribution in [3.8, 4) is 11.8 Å².